The number of ether oxygens (including phenoxy) is 2. The average Bonchev–Trinajstić information content (AvgIpc) is 3.22. The Morgan fingerprint density at radius 2 is 1.97 bits per heavy atom. The lowest BCUT2D eigenvalue weighted by Gasteiger charge is -2.31. The lowest BCUT2D eigenvalue weighted by molar-refractivity contribution is -0.690. The minimum absolute atomic E-state index is 0.174. The monoisotopic (exact) mass is 627 g/mol. The fourth-order valence-electron chi connectivity index (χ4n) is 5.43. The van der Waals surface area contributed by atoms with Crippen molar-refractivity contribution < 1.29 is 18.4 Å². The summed E-state index contributed by atoms with van der Waals surface area (Å²) in [6.07, 6.45) is 3.54. The fraction of sp³-hybridized carbons (Fsp3) is 0.400. The summed E-state index contributed by atoms with van der Waals surface area (Å²) in [7, 11) is 0. The summed E-state index contributed by atoms with van der Waals surface area (Å²) in [6, 6.07) is 17.7. The highest BCUT2D eigenvalue weighted by molar-refractivity contribution is 14.1. The molecule has 6 nitrogen and oxygen atoms in total. The van der Waals surface area contributed by atoms with Crippen LogP contribution in [0.2, 0.25) is 0 Å². The molecule has 2 aromatic carbocycles. The number of aryl methyl sites for hydroxylation is 1. The van der Waals surface area contributed by atoms with E-state index in [4.69, 9.17) is 14.5 Å². The Hall–Kier alpha value is -2.56. The largest absolute Gasteiger partial charge is 0.473 e. The van der Waals surface area contributed by atoms with Gasteiger partial charge in [-0.1, -0.05) is 18.2 Å². The van der Waals surface area contributed by atoms with Gasteiger partial charge < -0.3 is 9.47 Å². The SMILES string of the molecule is Cc1ccc2[nH]c(CN3CCC(c4cccc(OCc5ccc(I)cc5F)n4)CC3)[n+](C[C@@H]3CCO3)c2c1. The molecule has 0 aliphatic carbocycles. The van der Waals surface area contributed by atoms with Crippen molar-refractivity contribution in [1.29, 1.82) is 0 Å². The maximum Gasteiger partial charge on any atom is 0.269 e. The third-order valence-electron chi connectivity index (χ3n) is 7.74. The number of nitrogens with one attached hydrogen (secondary N) is 1. The molecule has 4 heterocycles. The number of aromatic amines is 1. The number of hydrogen-bond acceptors (Lipinski definition) is 4. The first kappa shape index (κ1) is 25.7. The van der Waals surface area contributed by atoms with Crippen molar-refractivity contribution in [3.8, 4) is 5.88 Å². The second-order valence-electron chi connectivity index (χ2n) is 10.5. The zero-order valence-electron chi connectivity index (χ0n) is 21.6. The van der Waals surface area contributed by atoms with E-state index in [1.807, 2.05) is 18.2 Å². The molecule has 2 aliphatic heterocycles. The zero-order chi connectivity index (χ0) is 26.1. The van der Waals surface area contributed by atoms with Crippen LogP contribution in [-0.4, -0.2) is 40.7 Å². The zero-order valence-corrected chi connectivity index (χ0v) is 23.8. The van der Waals surface area contributed by atoms with E-state index in [-0.39, 0.29) is 12.4 Å². The molecule has 1 N–H and O–H groups in total. The summed E-state index contributed by atoms with van der Waals surface area (Å²) in [5.74, 6) is 1.95. The first-order valence-corrected chi connectivity index (χ1v) is 14.5. The summed E-state index contributed by atoms with van der Waals surface area (Å²) in [6.45, 7) is 7.02. The molecule has 2 fully saturated rings. The number of piperidine rings is 1. The molecule has 4 aromatic rings. The molecule has 1 atom stereocenters. The van der Waals surface area contributed by atoms with Crippen LogP contribution in [0.5, 0.6) is 5.88 Å². The van der Waals surface area contributed by atoms with Gasteiger partial charge in [-0.15, -0.1) is 0 Å². The number of rotatable bonds is 8. The third kappa shape index (κ3) is 5.72. The van der Waals surface area contributed by atoms with Crippen molar-refractivity contribution in [2.24, 2.45) is 0 Å². The summed E-state index contributed by atoms with van der Waals surface area (Å²) >= 11 is 2.11. The van der Waals surface area contributed by atoms with Crippen molar-refractivity contribution in [3.63, 3.8) is 0 Å². The van der Waals surface area contributed by atoms with Crippen molar-refractivity contribution in [2.45, 2.75) is 57.9 Å². The van der Waals surface area contributed by atoms with Crippen LogP contribution < -0.4 is 9.30 Å². The Balaban J connectivity index is 1.09. The molecule has 0 amide bonds. The molecule has 8 heteroatoms. The summed E-state index contributed by atoms with van der Waals surface area (Å²) < 4.78 is 29.1. The van der Waals surface area contributed by atoms with E-state index in [2.05, 4.69) is 68.2 Å². The molecule has 0 radical (unpaired) electrons. The molecule has 0 bridgehead atoms. The Bertz CT molecular complexity index is 1430. The molecule has 0 spiro atoms. The number of nitrogens with zero attached hydrogens (tertiary/aromatic N) is 3. The minimum atomic E-state index is -0.243. The number of imidazole rings is 1. The van der Waals surface area contributed by atoms with Gasteiger partial charge in [-0.3, -0.25) is 4.90 Å². The summed E-state index contributed by atoms with van der Waals surface area (Å²) in [4.78, 5) is 11.0. The van der Waals surface area contributed by atoms with Crippen LogP contribution in [0.1, 0.15) is 47.8 Å². The van der Waals surface area contributed by atoms with Gasteiger partial charge >= 0.3 is 0 Å². The number of aromatic nitrogens is 3. The molecule has 6 rings (SSSR count). The van der Waals surface area contributed by atoms with Gasteiger partial charge in [0.25, 0.3) is 5.82 Å². The third-order valence-corrected chi connectivity index (χ3v) is 8.41. The van der Waals surface area contributed by atoms with Crippen molar-refractivity contribution in [1.82, 2.24) is 14.9 Å². The molecule has 2 aromatic heterocycles. The maximum atomic E-state index is 14.2. The lowest BCUT2D eigenvalue weighted by atomic mass is 9.93. The van der Waals surface area contributed by atoms with Crippen LogP contribution in [0.3, 0.4) is 0 Å². The number of halogens is 2. The van der Waals surface area contributed by atoms with Crippen molar-refractivity contribution >= 4 is 33.6 Å². The number of H-pyrrole nitrogens is 1. The Labute approximate surface area is 236 Å². The standard InChI is InChI=1S/C30H32FIN4O2/c1-20-5-8-27-28(15-20)36(17-24-11-14-37-24)29(33-27)18-35-12-9-21(10-13-35)26-3-2-4-30(34-26)38-19-22-6-7-23(32)16-25(22)31/h2-8,15-16,21,24H,9-14,17-19H2,1H3/p+1/t24-/m0/s1. The van der Waals surface area contributed by atoms with Gasteiger partial charge in [0.2, 0.25) is 5.88 Å². The van der Waals surface area contributed by atoms with Gasteiger partial charge in [0, 0.05) is 39.8 Å². The van der Waals surface area contributed by atoms with Crippen LogP contribution in [0.15, 0.2) is 54.6 Å². The first-order chi connectivity index (χ1) is 18.5. The van der Waals surface area contributed by atoms with Gasteiger partial charge in [-0.05, 0) is 91.3 Å². The molecular weight excluding hydrogens is 594 g/mol. The Morgan fingerprint density at radius 3 is 2.74 bits per heavy atom. The molecule has 0 unspecified atom stereocenters. The average molecular weight is 628 g/mol. The van der Waals surface area contributed by atoms with E-state index in [0.29, 0.717) is 23.5 Å². The summed E-state index contributed by atoms with van der Waals surface area (Å²) in [5, 5.41) is 0. The molecule has 2 saturated heterocycles. The van der Waals surface area contributed by atoms with Gasteiger partial charge in [-0.2, -0.15) is 0 Å². The van der Waals surface area contributed by atoms with E-state index < -0.39 is 0 Å². The number of hydrogen-bond donors (Lipinski definition) is 1. The van der Waals surface area contributed by atoms with Gasteiger partial charge in [0.1, 0.15) is 25.5 Å². The lowest BCUT2D eigenvalue weighted by Crippen LogP contribution is -2.48. The van der Waals surface area contributed by atoms with Gasteiger partial charge in [0.05, 0.1) is 6.10 Å². The van der Waals surface area contributed by atoms with Crippen LogP contribution in [0.25, 0.3) is 11.0 Å². The quantitative estimate of drug-likeness (QED) is 0.203. The van der Waals surface area contributed by atoms with Crippen LogP contribution >= 0.6 is 22.6 Å². The van der Waals surface area contributed by atoms with Gasteiger partial charge in [-0.25, -0.2) is 18.9 Å². The predicted octanol–water partition coefficient (Wildman–Crippen LogP) is 5.65. The van der Waals surface area contributed by atoms with E-state index in [0.717, 1.165) is 61.3 Å². The molecule has 198 valence electrons. The van der Waals surface area contributed by atoms with Crippen LogP contribution in [0.4, 0.5) is 4.39 Å². The second kappa shape index (κ2) is 11.3. The van der Waals surface area contributed by atoms with E-state index in [1.165, 1.54) is 28.5 Å². The fourth-order valence-corrected chi connectivity index (χ4v) is 5.89. The van der Waals surface area contributed by atoms with E-state index in [1.54, 1.807) is 6.07 Å². The highest BCUT2D eigenvalue weighted by Crippen LogP contribution is 2.29. The number of fused-ring (bicyclic) bond motifs is 1. The number of pyridine rings is 1. The number of benzene rings is 2. The van der Waals surface area contributed by atoms with E-state index in [9.17, 15) is 4.39 Å². The van der Waals surface area contributed by atoms with Crippen molar-refractivity contribution in [3.05, 3.63) is 86.6 Å². The molecular formula is C30H33FIN4O2+. The summed E-state index contributed by atoms with van der Waals surface area (Å²) in [5.41, 5.74) is 5.32. The number of likely N-dealkylation sites (tertiary alicyclic amines) is 1. The molecule has 0 saturated carbocycles. The van der Waals surface area contributed by atoms with Gasteiger partial charge in [0.15, 0.2) is 11.0 Å². The predicted molar refractivity (Wildman–Crippen MR) is 153 cm³/mol. The topological polar surface area (TPSA) is 54.3 Å². The second-order valence-corrected chi connectivity index (χ2v) is 11.7. The normalized spacial score (nSPS) is 18.6. The van der Waals surface area contributed by atoms with E-state index >= 15 is 0 Å². The maximum absolute atomic E-state index is 14.2. The highest BCUT2D eigenvalue weighted by Gasteiger charge is 2.29. The van der Waals surface area contributed by atoms with Crippen molar-refractivity contribution in [2.75, 3.05) is 19.7 Å². The molecule has 38 heavy (non-hydrogen) atoms. The Kier molecular flexibility index (Phi) is 7.63. The highest BCUT2D eigenvalue weighted by atomic mass is 127. The Morgan fingerprint density at radius 1 is 1.13 bits per heavy atom. The van der Waals surface area contributed by atoms with Crippen LogP contribution in [0, 0.1) is 16.3 Å². The van der Waals surface area contributed by atoms with Crippen LogP contribution in [-0.2, 0) is 24.4 Å². The first-order valence-electron chi connectivity index (χ1n) is 13.4. The smallest absolute Gasteiger partial charge is 0.269 e. The molecule has 2 aliphatic rings. The minimum Gasteiger partial charge on any atom is -0.473 e.